The number of rotatable bonds is 4. The molecule has 0 spiro atoms. The van der Waals surface area contributed by atoms with Crippen LogP contribution in [0.3, 0.4) is 0 Å². The molecule has 0 amide bonds. The third kappa shape index (κ3) is 3.39. The summed E-state index contributed by atoms with van der Waals surface area (Å²) in [5, 5.41) is 9.17. The number of phenols is 1. The molecule has 0 unspecified atom stereocenters. The van der Waals surface area contributed by atoms with Gasteiger partial charge < -0.3 is 9.84 Å². The van der Waals surface area contributed by atoms with E-state index in [2.05, 4.69) is 18.2 Å². The van der Waals surface area contributed by atoms with E-state index in [1.54, 1.807) is 19.2 Å². The molecular formula is C16H16O2. The molecule has 0 saturated heterocycles. The predicted octanol–water partition coefficient (Wildman–Crippen LogP) is 3.66. The van der Waals surface area contributed by atoms with Gasteiger partial charge in [-0.15, -0.1) is 0 Å². The van der Waals surface area contributed by atoms with Crippen molar-refractivity contribution in [1.82, 2.24) is 0 Å². The highest BCUT2D eigenvalue weighted by Gasteiger charge is 1.92. The van der Waals surface area contributed by atoms with E-state index < -0.39 is 0 Å². The van der Waals surface area contributed by atoms with Crippen molar-refractivity contribution in [3.63, 3.8) is 0 Å². The minimum Gasteiger partial charge on any atom is -0.508 e. The predicted molar refractivity (Wildman–Crippen MR) is 73.8 cm³/mol. The summed E-state index contributed by atoms with van der Waals surface area (Å²) in [4.78, 5) is 0. The molecule has 92 valence electrons. The Bertz CT molecular complexity index is 510. The topological polar surface area (TPSA) is 29.5 Å². The van der Waals surface area contributed by atoms with Crippen molar-refractivity contribution in [2.24, 2.45) is 0 Å². The minimum absolute atomic E-state index is 0.294. The van der Waals surface area contributed by atoms with Crippen molar-refractivity contribution in [2.75, 3.05) is 7.11 Å². The Balaban J connectivity index is 1.95. The van der Waals surface area contributed by atoms with Gasteiger partial charge in [-0.1, -0.05) is 36.4 Å². The van der Waals surface area contributed by atoms with E-state index in [-0.39, 0.29) is 0 Å². The van der Waals surface area contributed by atoms with Gasteiger partial charge in [0.2, 0.25) is 0 Å². The molecule has 2 nitrogen and oxygen atoms in total. The first kappa shape index (κ1) is 12.2. The van der Waals surface area contributed by atoms with Crippen LogP contribution in [0.5, 0.6) is 11.5 Å². The molecule has 2 heteroatoms. The Kier molecular flexibility index (Phi) is 4.02. The van der Waals surface area contributed by atoms with Crippen molar-refractivity contribution in [1.29, 1.82) is 0 Å². The molecule has 0 aliphatic rings. The average molecular weight is 240 g/mol. The van der Waals surface area contributed by atoms with Gasteiger partial charge in [-0.05, 0) is 41.8 Å². The molecule has 0 aliphatic carbocycles. The highest BCUT2D eigenvalue weighted by molar-refractivity contribution is 5.51. The third-order valence-electron chi connectivity index (χ3n) is 2.72. The fraction of sp³-hybridized carbons (Fsp3) is 0.125. The molecule has 0 saturated carbocycles. The second kappa shape index (κ2) is 5.92. The fourth-order valence-electron chi connectivity index (χ4n) is 1.68. The lowest BCUT2D eigenvalue weighted by atomic mass is 10.1. The molecule has 2 rings (SSSR count). The first-order valence-electron chi connectivity index (χ1n) is 5.86. The largest absolute Gasteiger partial charge is 0.508 e. The van der Waals surface area contributed by atoms with E-state index in [0.717, 1.165) is 17.7 Å². The molecule has 0 radical (unpaired) electrons. The third-order valence-corrected chi connectivity index (χ3v) is 2.72. The summed E-state index contributed by atoms with van der Waals surface area (Å²) in [5.41, 5.74) is 2.33. The number of hydrogen-bond acceptors (Lipinski definition) is 2. The van der Waals surface area contributed by atoms with Crippen molar-refractivity contribution in [2.45, 2.75) is 6.42 Å². The van der Waals surface area contributed by atoms with E-state index in [9.17, 15) is 5.11 Å². The normalized spacial score (nSPS) is 10.7. The van der Waals surface area contributed by atoms with Gasteiger partial charge in [-0.3, -0.25) is 0 Å². The van der Waals surface area contributed by atoms with Crippen LogP contribution in [0.15, 0.2) is 54.6 Å². The molecule has 0 aromatic heterocycles. The average Bonchev–Trinajstić information content (AvgIpc) is 2.42. The number of methoxy groups -OCH3 is 1. The first-order valence-corrected chi connectivity index (χ1v) is 5.86. The lowest BCUT2D eigenvalue weighted by Crippen LogP contribution is -1.84. The van der Waals surface area contributed by atoms with Gasteiger partial charge in [0.1, 0.15) is 11.5 Å². The molecule has 18 heavy (non-hydrogen) atoms. The zero-order chi connectivity index (χ0) is 12.8. The Labute approximate surface area is 107 Å². The summed E-state index contributed by atoms with van der Waals surface area (Å²) in [6.07, 6.45) is 5.03. The Hall–Kier alpha value is -2.22. The number of allylic oxidation sites excluding steroid dienone is 1. The van der Waals surface area contributed by atoms with Crippen LogP contribution in [0.2, 0.25) is 0 Å². The summed E-state index contributed by atoms with van der Waals surface area (Å²) in [5.74, 6) is 1.17. The Morgan fingerprint density at radius 3 is 2.28 bits per heavy atom. The van der Waals surface area contributed by atoms with Crippen LogP contribution >= 0.6 is 0 Å². The lowest BCUT2D eigenvalue weighted by Gasteiger charge is -2.00. The molecule has 2 aromatic rings. The smallest absolute Gasteiger partial charge is 0.118 e. The van der Waals surface area contributed by atoms with Gasteiger partial charge in [-0.2, -0.15) is 0 Å². The molecule has 0 aliphatic heterocycles. The van der Waals surface area contributed by atoms with Crippen LogP contribution in [0, 0.1) is 0 Å². The molecule has 0 heterocycles. The SMILES string of the molecule is COc1ccc(C/C=C/c2ccc(O)cc2)cc1. The van der Waals surface area contributed by atoms with Crippen molar-refractivity contribution >= 4 is 6.08 Å². The van der Waals surface area contributed by atoms with Crippen LogP contribution < -0.4 is 4.74 Å². The highest BCUT2D eigenvalue weighted by atomic mass is 16.5. The summed E-state index contributed by atoms with van der Waals surface area (Å²) in [6.45, 7) is 0. The maximum Gasteiger partial charge on any atom is 0.118 e. The van der Waals surface area contributed by atoms with Gasteiger partial charge in [0.05, 0.1) is 7.11 Å². The zero-order valence-electron chi connectivity index (χ0n) is 10.3. The highest BCUT2D eigenvalue weighted by Crippen LogP contribution is 2.13. The number of aromatic hydroxyl groups is 1. The minimum atomic E-state index is 0.294. The summed E-state index contributed by atoms with van der Waals surface area (Å²) >= 11 is 0. The summed E-state index contributed by atoms with van der Waals surface area (Å²) in [6, 6.07) is 15.2. The standard InChI is InChI=1S/C16H16O2/c1-18-16-11-7-14(8-12-16)4-2-3-13-5-9-15(17)10-6-13/h2-3,5-12,17H,4H2,1H3/b3-2+. The quantitative estimate of drug-likeness (QED) is 0.883. The molecule has 1 N–H and O–H groups in total. The summed E-state index contributed by atoms with van der Waals surface area (Å²) in [7, 11) is 1.67. The van der Waals surface area contributed by atoms with Crippen LogP contribution in [0.4, 0.5) is 0 Å². The van der Waals surface area contributed by atoms with Crippen LogP contribution in [-0.4, -0.2) is 12.2 Å². The molecule has 0 fully saturated rings. The number of phenolic OH excluding ortho intramolecular Hbond substituents is 1. The zero-order valence-corrected chi connectivity index (χ0v) is 10.3. The number of ether oxygens (including phenoxy) is 1. The number of hydrogen-bond donors (Lipinski definition) is 1. The van der Waals surface area contributed by atoms with Crippen LogP contribution in [0.1, 0.15) is 11.1 Å². The molecule has 0 atom stereocenters. The fourth-order valence-corrected chi connectivity index (χ4v) is 1.68. The maximum absolute atomic E-state index is 9.17. The molecule has 0 bridgehead atoms. The van der Waals surface area contributed by atoms with E-state index >= 15 is 0 Å². The van der Waals surface area contributed by atoms with E-state index in [1.807, 2.05) is 30.3 Å². The van der Waals surface area contributed by atoms with Crippen LogP contribution in [-0.2, 0) is 6.42 Å². The second-order valence-corrected chi connectivity index (χ2v) is 4.05. The van der Waals surface area contributed by atoms with Gasteiger partial charge in [0.15, 0.2) is 0 Å². The van der Waals surface area contributed by atoms with Gasteiger partial charge >= 0.3 is 0 Å². The van der Waals surface area contributed by atoms with Crippen molar-refractivity contribution < 1.29 is 9.84 Å². The van der Waals surface area contributed by atoms with E-state index in [4.69, 9.17) is 4.74 Å². The molecular weight excluding hydrogens is 224 g/mol. The first-order chi connectivity index (χ1) is 8.78. The van der Waals surface area contributed by atoms with Crippen molar-refractivity contribution in [3.05, 3.63) is 65.7 Å². The van der Waals surface area contributed by atoms with E-state index in [0.29, 0.717) is 5.75 Å². The van der Waals surface area contributed by atoms with Gasteiger partial charge in [-0.25, -0.2) is 0 Å². The van der Waals surface area contributed by atoms with Gasteiger partial charge in [0.25, 0.3) is 0 Å². The molecule has 2 aromatic carbocycles. The maximum atomic E-state index is 9.17. The second-order valence-electron chi connectivity index (χ2n) is 4.05. The monoisotopic (exact) mass is 240 g/mol. The lowest BCUT2D eigenvalue weighted by molar-refractivity contribution is 0.414. The number of benzene rings is 2. The Morgan fingerprint density at radius 2 is 1.67 bits per heavy atom. The van der Waals surface area contributed by atoms with E-state index in [1.165, 1.54) is 5.56 Å². The Morgan fingerprint density at radius 1 is 1.00 bits per heavy atom. The van der Waals surface area contributed by atoms with Crippen LogP contribution in [0.25, 0.3) is 6.08 Å². The van der Waals surface area contributed by atoms with Crippen molar-refractivity contribution in [3.8, 4) is 11.5 Å². The summed E-state index contributed by atoms with van der Waals surface area (Å²) < 4.78 is 5.11. The van der Waals surface area contributed by atoms with Gasteiger partial charge in [0, 0.05) is 0 Å².